The number of nitrogens with zero attached hydrogens (tertiary/aromatic N) is 6. The van der Waals surface area contributed by atoms with Crippen molar-refractivity contribution in [3.8, 4) is 5.69 Å². The van der Waals surface area contributed by atoms with Crippen molar-refractivity contribution >= 4 is 23.4 Å². The summed E-state index contributed by atoms with van der Waals surface area (Å²) in [5.74, 6) is 0.688. The van der Waals surface area contributed by atoms with E-state index >= 15 is 0 Å². The van der Waals surface area contributed by atoms with E-state index in [1.165, 1.54) is 12.3 Å². The van der Waals surface area contributed by atoms with Gasteiger partial charge in [-0.2, -0.15) is 0 Å². The van der Waals surface area contributed by atoms with Gasteiger partial charge >= 0.3 is 5.69 Å². The molecular weight excluding hydrogens is 380 g/mol. The highest BCUT2D eigenvalue weighted by Gasteiger charge is 2.24. The summed E-state index contributed by atoms with van der Waals surface area (Å²) in [7, 11) is 0. The van der Waals surface area contributed by atoms with Gasteiger partial charge in [0.1, 0.15) is 0 Å². The van der Waals surface area contributed by atoms with Crippen molar-refractivity contribution < 1.29 is 9.66 Å². The summed E-state index contributed by atoms with van der Waals surface area (Å²) >= 11 is 1.13. The lowest BCUT2D eigenvalue weighted by Crippen LogP contribution is -2.37. The lowest BCUT2D eigenvalue weighted by molar-refractivity contribution is -0.388. The fraction of sp³-hybridized carbons (Fsp3) is 0.278. The predicted octanol–water partition coefficient (Wildman–Crippen LogP) is 2.87. The van der Waals surface area contributed by atoms with Crippen LogP contribution in [0.4, 0.5) is 11.6 Å². The van der Waals surface area contributed by atoms with Crippen LogP contribution in [0.5, 0.6) is 0 Å². The average Bonchev–Trinajstić information content (AvgIpc) is 3.13. The third kappa shape index (κ3) is 3.69. The van der Waals surface area contributed by atoms with Gasteiger partial charge in [0.05, 0.1) is 23.8 Å². The highest BCUT2D eigenvalue weighted by molar-refractivity contribution is 7.99. The number of anilines is 1. The van der Waals surface area contributed by atoms with Crippen LogP contribution in [0.25, 0.3) is 5.69 Å². The molecule has 28 heavy (non-hydrogen) atoms. The van der Waals surface area contributed by atoms with E-state index in [1.54, 1.807) is 6.07 Å². The number of morpholine rings is 1. The standard InChI is InChI=1S/C18H18N6O3S/c1-13-4-6-14(7-5-13)23-17(22-9-11-27-12-10-22)20-21-18(23)28-16-15(24(25)26)3-2-8-19-16/h2-8H,9-12H2,1H3. The molecule has 0 atom stereocenters. The second kappa shape index (κ2) is 7.95. The number of aryl methyl sites for hydroxylation is 1. The Morgan fingerprint density at radius 1 is 1.14 bits per heavy atom. The molecule has 3 aromatic rings. The SMILES string of the molecule is Cc1ccc(-n2c(Sc3ncccc3[N+](=O)[O-])nnc2N2CCOCC2)cc1. The zero-order valence-electron chi connectivity index (χ0n) is 15.2. The molecule has 0 aliphatic carbocycles. The minimum absolute atomic E-state index is 0.0566. The van der Waals surface area contributed by atoms with E-state index in [9.17, 15) is 10.1 Å². The second-order valence-corrected chi connectivity index (χ2v) is 7.20. The molecule has 144 valence electrons. The summed E-state index contributed by atoms with van der Waals surface area (Å²) in [5.41, 5.74) is 1.97. The van der Waals surface area contributed by atoms with Crippen LogP contribution in [0, 0.1) is 17.0 Å². The molecule has 0 unspecified atom stereocenters. The van der Waals surface area contributed by atoms with Crippen molar-refractivity contribution in [2.45, 2.75) is 17.1 Å². The van der Waals surface area contributed by atoms with Gasteiger partial charge in [-0.25, -0.2) is 4.98 Å². The maximum atomic E-state index is 11.3. The quantitative estimate of drug-likeness (QED) is 0.478. The first-order valence-electron chi connectivity index (χ1n) is 8.76. The third-order valence-corrected chi connectivity index (χ3v) is 5.29. The van der Waals surface area contributed by atoms with Crippen molar-refractivity contribution in [3.63, 3.8) is 0 Å². The van der Waals surface area contributed by atoms with E-state index in [1.807, 2.05) is 35.8 Å². The van der Waals surface area contributed by atoms with Gasteiger partial charge in [-0.05, 0) is 36.9 Å². The van der Waals surface area contributed by atoms with Crippen molar-refractivity contribution in [1.29, 1.82) is 0 Å². The van der Waals surface area contributed by atoms with E-state index in [4.69, 9.17) is 4.74 Å². The van der Waals surface area contributed by atoms with Crippen LogP contribution in [0.3, 0.4) is 0 Å². The number of benzene rings is 1. The number of hydrogen-bond donors (Lipinski definition) is 0. The van der Waals surface area contributed by atoms with Crippen LogP contribution >= 0.6 is 11.8 Å². The molecule has 0 bridgehead atoms. The number of aromatic nitrogens is 4. The summed E-state index contributed by atoms with van der Waals surface area (Å²) in [6.07, 6.45) is 1.53. The predicted molar refractivity (Wildman–Crippen MR) is 104 cm³/mol. The molecule has 0 amide bonds. The van der Waals surface area contributed by atoms with Crippen LogP contribution in [0.1, 0.15) is 5.56 Å². The molecule has 1 saturated heterocycles. The summed E-state index contributed by atoms with van der Waals surface area (Å²) in [6.45, 7) is 4.67. The Balaban J connectivity index is 1.78. The summed E-state index contributed by atoms with van der Waals surface area (Å²) < 4.78 is 7.35. The normalized spacial score (nSPS) is 14.2. The minimum atomic E-state index is -0.440. The highest BCUT2D eigenvalue weighted by atomic mass is 32.2. The number of hydrogen-bond acceptors (Lipinski definition) is 8. The fourth-order valence-electron chi connectivity index (χ4n) is 2.90. The smallest absolute Gasteiger partial charge is 0.301 e. The molecule has 1 fully saturated rings. The zero-order valence-corrected chi connectivity index (χ0v) is 16.0. The topological polar surface area (TPSA) is 99.2 Å². The third-order valence-electron chi connectivity index (χ3n) is 4.34. The van der Waals surface area contributed by atoms with Gasteiger partial charge in [-0.3, -0.25) is 14.7 Å². The first kappa shape index (κ1) is 18.4. The molecule has 0 N–H and O–H groups in total. The van der Waals surface area contributed by atoms with Gasteiger partial charge in [0.2, 0.25) is 11.1 Å². The van der Waals surface area contributed by atoms with Gasteiger partial charge in [0.15, 0.2) is 5.03 Å². The number of rotatable bonds is 5. The maximum Gasteiger partial charge on any atom is 0.301 e. The Morgan fingerprint density at radius 3 is 2.61 bits per heavy atom. The van der Waals surface area contributed by atoms with Crippen molar-refractivity contribution in [1.82, 2.24) is 19.7 Å². The van der Waals surface area contributed by atoms with E-state index in [2.05, 4.69) is 20.1 Å². The molecule has 10 heteroatoms. The Bertz CT molecular complexity index is 985. The van der Waals surface area contributed by atoms with Gasteiger partial charge in [-0.15, -0.1) is 10.2 Å². The van der Waals surface area contributed by atoms with Crippen molar-refractivity contribution in [3.05, 3.63) is 58.3 Å². The molecule has 0 saturated carbocycles. The summed E-state index contributed by atoms with van der Waals surface area (Å²) in [5, 5.41) is 20.8. The van der Waals surface area contributed by atoms with Crippen LogP contribution in [0.15, 0.2) is 52.8 Å². The average molecular weight is 398 g/mol. The van der Waals surface area contributed by atoms with E-state index < -0.39 is 4.92 Å². The molecular formula is C18H18N6O3S. The zero-order chi connectivity index (χ0) is 19.5. The summed E-state index contributed by atoms with van der Waals surface area (Å²) in [4.78, 5) is 17.2. The molecule has 0 radical (unpaired) electrons. The first-order chi connectivity index (χ1) is 13.6. The summed E-state index contributed by atoms with van der Waals surface area (Å²) in [6, 6.07) is 11.0. The van der Waals surface area contributed by atoms with Crippen LogP contribution in [-0.2, 0) is 4.74 Å². The Labute approximate surface area is 165 Å². The molecule has 4 rings (SSSR count). The Morgan fingerprint density at radius 2 is 1.89 bits per heavy atom. The molecule has 1 aromatic carbocycles. The number of pyridine rings is 1. The molecule has 9 nitrogen and oxygen atoms in total. The van der Waals surface area contributed by atoms with Gasteiger partial charge in [0, 0.05) is 25.4 Å². The minimum Gasteiger partial charge on any atom is -0.378 e. The highest BCUT2D eigenvalue weighted by Crippen LogP contribution is 2.35. The number of nitro groups is 1. The maximum absolute atomic E-state index is 11.3. The van der Waals surface area contributed by atoms with Crippen molar-refractivity contribution in [2.24, 2.45) is 0 Å². The largest absolute Gasteiger partial charge is 0.378 e. The van der Waals surface area contributed by atoms with Crippen LogP contribution in [0.2, 0.25) is 0 Å². The first-order valence-corrected chi connectivity index (χ1v) is 9.57. The lowest BCUT2D eigenvalue weighted by atomic mass is 10.2. The molecule has 1 aliphatic rings. The van der Waals surface area contributed by atoms with E-state index in [-0.39, 0.29) is 10.7 Å². The van der Waals surface area contributed by atoms with E-state index in [0.29, 0.717) is 37.4 Å². The Hall–Kier alpha value is -2.98. The van der Waals surface area contributed by atoms with Crippen LogP contribution in [-0.4, -0.2) is 51.0 Å². The van der Waals surface area contributed by atoms with E-state index in [0.717, 1.165) is 23.0 Å². The van der Waals surface area contributed by atoms with Gasteiger partial charge in [-0.1, -0.05) is 17.7 Å². The molecule has 2 aromatic heterocycles. The second-order valence-electron chi connectivity index (χ2n) is 6.24. The lowest BCUT2D eigenvalue weighted by Gasteiger charge is -2.27. The molecule has 1 aliphatic heterocycles. The molecule has 0 spiro atoms. The fourth-order valence-corrected chi connectivity index (χ4v) is 3.80. The van der Waals surface area contributed by atoms with Gasteiger partial charge < -0.3 is 9.64 Å². The number of ether oxygens (including phenoxy) is 1. The van der Waals surface area contributed by atoms with Crippen LogP contribution < -0.4 is 4.90 Å². The molecule has 3 heterocycles. The van der Waals surface area contributed by atoms with Gasteiger partial charge in [0.25, 0.3) is 0 Å². The monoisotopic (exact) mass is 398 g/mol. The van der Waals surface area contributed by atoms with Crippen molar-refractivity contribution in [2.75, 3.05) is 31.2 Å². The Kier molecular flexibility index (Phi) is 5.22.